The SMILES string of the molecule is CC[C@H](C(=O)NCC(C)C)N(Cc1cccc(C)c1)C(=O)CCc1cccc2ccccc12. The second kappa shape index (κ2) is 11.6. The Balaban J connectivity index is 1.82. The molecule has 3 rings (SSSR count). The smallest absolute Gasteiger partial charge is 0.242 e. The number of nitrogens with one attached hydrogen (secondary N) is 1. The number of hydrogen-bond acceptors (Lipinski definition) is 2. The highest BCUT2D eigenvalue weighted by Crippen LogP contribution is 2.21. The largest absolute Gasteiger partial charge is 0.354 e. The van der Waals surface area contributed by atoms with Crippen molar-refractivity contribution in [1.29, 1.82) is 0 Å². The van der Waals surface area contributed by atoms with E-state index in [1.54, 1.807) is 4.90 Å². The summed E-state index contributed by atoms with van der Waals surface area (Å²) in [7, 11) is 0. The molecule has 0 fully saturated rings. The van der Waals surface area contributed by atoms with Gasteiger partial charge in [0.1, 0.15) is 6.04 Å². The third kappa shape index (κ3) is 6.67. The zero-order valence-corrected chi connectivity index (χ0v) is 20.3. The number of aryl methyl sites for hydroxylation is 2. The van der Waals surface area contributed by atoms with E-state index in [1.807, 2.05) is 50.2 Å². The van der Waals surface area contributed by atoms with E-state index in [0.717, 1.165) is 16.7 Å². The van der Waals surface area contributed by atoms with Crippen LogP contribution in [0.4, 0.5) is 0 Å². The molecule has 0 radical (unpaired) electrons. The minimum absolute atomic E-state index is 0.0102. The Hall–Kier alpha value is -3.14. The molecular formula is C29H36N2O2. The fourth-order valence-corrected chi connectivity index (χ4v) is 4.24. The average Bonchev–Trinajstić information content (AvgIpc) is 2.81. The molecule has 0 heterocycles. The zero-order valence-electron chi connectivity index (χ0n) is 20.3. The Kier molecular flexibility index (Phi) is 8.65. The highest BCUT2D eigenvalue weighted by Gasteiger charge is 2.28. The average molecular weight is 445 g/mol. The fourth-order valence-electron chi connectivity index (χ4n) is 4.24. The molecule has 0 spiro atoms. The van der Waals surface area contributed by atoms with E-state index in [0.29, 0.717) is 38.3 Å². The number of fused-ring (bicyclic) bond motifs is 1. The van der Waals surface area contributed by atoms with Crippen molar-refractivity contribution in [2.24, 2.45) is 5.92 Å². The van der Waals surface area contributed by atoms with E-state index in [4.69, 9.17) is 0 Å². The van der Waals surface area contributed by atoms with E-state index in [2.05, 4.69) is 49.5 Å². The lowest BCUT2D eigenvalue weighted by atomic mass is 10.00. The van der Waals surface area contributed by atoms with Crippen molar-refractivity contribution in [2.75, 3.05) is 6.54 Å². The van der Waals surface area contributed by atoms with Gasteiger partial charge in [-0.25, -0.2) is 0 Å². The van der Waals surface area contributed by atoms with Gasteiger partial charge in [0, 0.05) is 19.5 Å². The van der Waals surface area contributed by atoms with Gasteiger partial charge >= 0.3 is 0 Å². The van der Waals surface area contributed by atoms with Crippen LogP contribution in [0.15, 0.2) is 66.7 Å². The summed E-state index contributed by atoms with van der Waals surface area (Å²) in [6.45, 7) is 9.20. The van der Waals surface area contributed by atoms with Crippen molar-refractivity contribution in [1.82, 2.24) is 10.2 Å². The molecule has 4 nitrogen and oxygen atoms in total. The number of nitrogens with zero attached hydrogens (tertiary/aromatic N) is 1. The third-order valence-corrected chi connectivity index (χ3v) is 5.99. The summed E-state index contributed by atoms with van der Waals surface area (Å²) < 4.78 is 0. The number of carbonyl (C=O) groups is 2. The van der Waals surface area contributed by atoms with Crippen LogP contribution in [0.25, 0.3) is 10.8 Å². The maximum atomic E-state index is 13.5. The molecule has 0 aliphatic heterocycles. The Morgan fingerprint density at radius 3 is 2.42 bits per heavy atom. The lowest BCUT2D eigenvalue weighted by Crippen LogP contribution is -2.49. The first-order valence-electron chi connectivity index (χ1n) is 12.0. The minimum atomic E-state index is -0.482. The summed E-state index contributed by atoms with van der Waals surface area (Å²) in [5, 5.41) is 5.39. The van der Waals surface area contributed by atoms with Gasteiger partial charge in [0.05, 0.1) is 0 Å². The van der Waals surface area contributed by atoms with Gasteiger partial charge in [0.2, 0.25) is 11.8 Å². The summed E-state index contributed by atoms with van der Waals surface area (Å²) in [4.78, 5) is 28.3. The van der Waals surface area contributed by atoms with Crippen LogP contribution in [0.3, 0.4) is 0 Å². The predicted octanol–water partition coefficient (Wildman–Crippen LogP) is 5.66. The number of carbonyl (C=O) groups excluding carboxylic acids is 2. The van der Waals surface area contributed by atoms with E-state index >= 15 is 0 Å². The molecule has 4 heteroatoms. The van der Waals surface area contributed by atoms with Crippen molar-refractivity contribution in [3.05, 3.63) is 83.4 Å². The highest BCUT2D eigenvalue weighted by molar-refractivity contribution is 5.89. The molecule has 2 amide bonds. The molecule has 0 aliphatic rings. The molecule has 0 saturated heterocycles. The molecule has 0 bridgehead atoms. The molecule has 3 aromatic rings. The van der Waals surface area contributed by atoms with E-state index < -0.39 is 6.04 Å². The van der Waals surface area contributed by atoms with Crippen molar-refractivity contribution >= 4 is 22.6 Å². The van der Waals surface area contributed by atoms with Crippen molar-refractivity contribution in [2.45, 2.75) is 59.5 Å². The fraction of sp³-hybridized carbons (Fsp3) is 0.379. The summed E-state index contributed by atoms with van der Waals surface area (Å²) >= 11 is 0. The summed E-state index contributed by atoms with van der Waals surface area (Å²) in [5.74, 6) is 0.298. The first-order chi connectivity index (χ1) is 15.9. The molecule has 1 atom stereocenters. The van der Waals surface area contributed by atoms with Crippen LogP contribution in [-0.2, 0) is 22.6 Å². The first kappa shape index (κ1) is 24.5. The minimum Gasteiger partial charge on any atom is -0.354 e. The Morgan fingerprint density at radius 2 is 1.70 bits per heavy atom. The zero-order chi connectivity index (χ0) is 23.8. The maximum absolute atomic E-state index is 13.5. The second-order valence-corrected chi connectivity index (χ2v) is 9.21. The van der Waals surface area contributed by atoms with Gasteiger partial charge in [-0.05, 0) is 47.6 Å². The Bertz CT molecular complexity index is 1080. The first-order valence-corrected chi connectivity index (χ1v) is 12.0. The highest BCUT2D eigenvalue weighted by atomic mass is 16.2. The van der Waals surface area contributed by atoms with Crippen LogP contribution >= 0.6 is 0 Å². The molecule has 0 unspecified atom stereocenters. The van der Waals surface area contributed by atoms with Crippen LogP contribution in [-0.4, -0.2) is 29.3 Å². The predicted molar refractivity (Wildman–Crippen MR) is 136 cm³/mol. The molecule has 0 aliphatic carbocycles. The van der Waals surface area contributed by atoms with Crippen molar-refractivity contribution in [3.8, 4) is 0 Å². The van der Waals surface area contributed by atoms with Gasteiger partial charge in [-0.15, -0.1) is 0 Å². The van der Waals surface area contributed by atoms with Gasteiger partial charge in [-0.2, -0.15) is 0 Å². The maximum Gasteiger partial charge on any atom is 0.242 e. The molecule has 1 N–H and O–H groups in total. The standard InChI is InChI=1S/C29H36N2O2/c1-5-27(29(33)30-19-21(2)3)31(20-23-11-8-10-22(4)18-23)28(32)17-16-25-14-9-13-24-12-6-7-15-26(24)25/h6-15,18,21,27H,5,16-17,19-20H2,1-4H3,(H,30,33)/t27-/m1/s1. The van der Waals surface area contributed by atoms with E-state index in [9.17, 15) is 9.59 Å². The van der Waals surface area contributed by atoms with E-state index in [-0.39, 0.29) is 11.8 Å². The topological polar surface area (TPSA) is 49.4 Å². The molecule has 0 aromatic heterocycles. The molecule has 174 valence electrons. The van der Waals surface area contributed by atoms with Gasteiger partial charge in [0.15, 0.2) is 0 Å². The van der Waals surface area contributed by atoms with E-state index in [1.165, 1.54) is 10.8 Å². The normalized spacial score (nSPS) is 12.0. The molecule has 33 heavy (non-hydrogen) atoms. The van der Waals surface area contributed by atoms with Gasteiger partial charge in [0.25, 0.3) is 0 Å². The molecular weight excluding hydrogens is 408 g/mol. The van der Waals surface area contributed by atoms with Crippen LogP contribution < -0.4 is 5.32 Å². The van der Waals surface area contributed by atoms with Crippen LogP contribution in [0.1, 0.15) is 50.3 Å². The Morgan fingerprint density at radius 1 is 0.970 bits per heavy atom. The Labute approximate surface area is 198 Å². The van der Waals surface area contributed by atoms with Gasteiger partial charge in [-0.3, -0.25) is 9.59 Å². The number of hydrogen-bond donors (Lipinski definition) is 1. The lowest BCUT2D eigenvalue weighted by molar-refractivity contribution is -0.141. The summed E-state index contributed by atoms with van der Waals surface area (Å²) in [6, 6.07) is 22.2. The lowest BCUT2D eigenvalue weighted by Gasteiger charge is -2.31. The van der Waals surface area contributed by atoms with Crippen LogP contribution in [0, 0.1) is 12.8 Å². The summed E-state index contributed by atoms with van der Waals surface area (Å²) in [5.41, 5.74) is 3.35. The van der Waals surface area contributed by atoms with Crippen molar-refractivity contribution < 1.29 is 9.59 Å². The van der Waals surface area contributed by atoms with Crippen LogP contribution in [0.2, 0.25) is 0 Å². The quantitative estimate of drug-likeness (QED) is 0.439. The number of benzene rings is 3. The molecule has 3 aromatic carbocycles. The number of amides is 2. The monoisotopic (exact) mass is 444 g/mol. The van der Waals surface area contributed by atoms with Gasteiger partial charge < -0.3 is 10.2 Å². The number of rotatable bonds is 10. The second-order valence-electron chi connectivity index (χ2n) is 9.21. The van der Waals surface area contributed by atoms with Crippen LogP contribution in [0.5, 0.6) is 0 Å². The van der Waals surface area contributed by atoms with Crippen molar-refractivity contribution in [3.63, 3.8) is 0 Å². The third-order valence-electron chi connectivity index (χ3n) is 5.99. The summed E-state index contributed by atoms with van der Waals surface area (Å²) in [6.07, 6.45) is 1.60. The van der Waals surface area contributed by atoms with Gasteiger partial charge in [-0.1, -0.05) is 93.1 Å². The molecule has 0 saturated carbocycles.